The molecule has 0 bridgehead atoms. The Morgan fingerprint density at radius 1 is 1.28 bits per heavy atom. The molecule has 0 saturated heterocycles. The Bertz CT molecular complexity index is 966. The van der Waals surface area contributed by atoms with Crippen LogP contribution < -0.4 is 11.3 Å². The highest BCUT2D eigenvalue weighted by Crippen LogP contribution is 2.31. The number of benzene rings is 1. The molecule has 4 rings (SSSR count). The van der Waals surface area contributed by atoms with Crippen molar-refractivity contribution in [2.24, 2.45) is 0 Å². The summed E-state index contributed by atoms with van der Waals surface area (Å²) >= 11 is 0. The number of nitrogens with one attached hydrogen (secondary N) is 1. The fourth-order valence-corrected chi connectivity index (χ4v) is 3.77. The van der Waals surface area contributed by atoms with E-state index in [1.165, 1.54) is 12.8 Å². The van der Waals surface area contributed by atoms with Crippen LogP contribution in [0.4, 0.5) is 5.69 Å². The van der Waals surface area contributed by atoms with E-state index < -0.39 is 0 Å². The highest BCUT2D eigenvalue weighted by molar-refractivity contribution is 5.77. The van der Waals surface area contributed by atoms with Gasteiger partial charge in [-0.1, -0.05) is 38.0 Å². The quantitative estimate of drug-likeness (QED) is 0.716. The van der Waals surface area contributed by atoms with E-state index in [4.69, 9.17) is 15.8 Å². The number of anilines is 1. The van der Waals surface area contributed by atoms with Crippen molar-refractivity contribution in [1.82, 2.24) is 19.7 Å². The minimum absolute atomic E-state index is 0.101. The predicted molar refractivity (Wildman–Crippen MR) is 98.7 cm³/mol. The van der Waals surface area contributed by atoms with E-state index in [9.17, 15) is 4.79 Å². The summed E-state index contributed by atoms with van der Waals surface area (Å²) in [6.07, 6.45) is 5.88. The van der Waals surface area contributed by atoms with Crippen molar-refractivity contribution in [1.29, 1.82) is 0 Å². The van der Waals surface area contributed by atoms with Gasteiger partial charge in [0, 0.05) is 12.1 Å². The number of nitrogens with zero attached hydrogens (tertiary/aromatic N) is 3. The molecule has 0 spiro atoms. The Balaban J connectivity index is 1.83. The normalized spacial score (nSPS) is 15.2. The number of nitrogens with two attached hydrogens (primary N) is 1. The monoisotopic (exact) mass is 337 g/mol. The van der Waals surface area contributed by atoms with Crippen LogP contribution >= 0.6 is 0 Å². The summed E-state index contributed by atoms with van der Waals surface area (Å²) in [4.78, 5) is 20.4. The number of aromatic nitrogens is 4. The second-order valence-corrected chi connectivity index (χ2v) is 6.77. The Labute approximate surface area is 146 Å². The van der Waals surface area contributed by atoms with Crippen molar-refractivity contribution in [3.05, 3.63) is 51.7 Å². The van der Waals surface area contributed by atoms with Gasteiger partial charge in [-0.05, 0) is 30.9 Å². The summed E-state index contributed by atoms with van der Waals surface area (Å²) in [5.74, 6) is 0.636. The van der Waals surface area contributed by atoms with Crippen LogP contribution in [-0.4, -0.2) is 19.7 Å². The van der Waals surface area contributed by atoms with Crippen molar-refractivity contribution in [3.63, 3.8) is 0 Å². The molecule has 130 valence electrons. The van der Waals surface area contributed by atoms with Crippen molar-refractivity contribution in [2.45, 2.75) is 51.5 Å². The van der Waals surface area contributed by atoms with Crippen molar-refractivity contribution < 1.29 is 0 Å². The maximum atomic E-state index is 12.7. The van der Waals surface area contributed by atoms with Crippen LogP contribution in [0.1, 0.15) is 55.7 Å². The molecule has 1 aromatic carbocycles. The first-order valence-corrected chi connectivity index (χ1v) is 9.01. The van der Waals surface area contributed by atoms with Crippen LogP contribution in [0.2, 0.25) is 0 Å². The third-order valence-electron chi connectivity index (χ3n) is 5.10. The molecule has 0 atom stereocenters. The SMILES string of the molecule is CCc1nn(C2CCCC2)c2nc(Cc3ccccc3N)[nH]c(=O)c12. The Morgan fingerprint density at radius 2 is 2.04 bits per heavy atom. The third kappa shape index (κ3) is 2.81. The van der Waals surface area contributed by atoms with Gasteiger partial charge in [0.2, 0.25) is 0 Å². The number of nitrogen functional groups attached to an aromatic ring is 1. The number of fused-ring (bicyclic) bond motifs is 1. The summed E-state index contributed by atoms with van der Waals surface area (Å²) in [7, 11) is 0. The number of rotatable bonds is 4. The number of H-pyrrole nitrogens is 1. The lowest BCUT2D eigenvalue weighted by Crippen LogP contribution is -2.15. The zero-order valence-electron chi connectivity index (χ0n) is 14.5. The Hall–Kier alpha value is -2.63. The molecule has 2 heterocycles. The third-order valence-corrected chi connectivity index (χ3v) is 5.10. The molecular formula is C19H23N5O. The van der Waals surface area contributed by atoms with Crippen molar-refractivity contribution in [3.8, 4) is 0 Å². The lowest BCUT2D eigenvalue weighted by molar-refractivity contribution is 0.474. The first kappa shape index (κ1) is 15.9. The number of hydrogen-bond acceptors (Lipinski definition) is 4. The largest absolute Gasteiger partial charge is 0.398 e. The average Bonchev–Trinajstić information content (AvgIpc) is 3.24. The van der Waals surface area contributed by atoms with Gasteiger partial charge in [0.15, 0.2) is 5.65 Å². The first-order chi connectivity index (χ1) is 12.2. The van der Waals surface area contributed by atoms with Crippen LogP contribution in [0.15, 0.2) is 29.1 Å². The van der Waals surface area contributed by atoms with E-state index in [2.05, 4.69) is 4.98 Å². The van der Waals surface area contributed by atoms with Gasteiger partial charge in [0.1, 0.15) is 11.2 Å². The molecule has 3 N–H and O–H groups in total. The molecule has 1 saturated carbocycles. The second kappa shape index (κ2) is 6.35. The minimum atomic E-state index is -0.101. The van der Waals surface area contributed by atoms with E-state index in [1.807, 2.05) is 35.9 Å². The molecule has 6 heteroatoms. The maximum Gasteiger partial charge on any atom is 0.262 e. The fourth-order valence-electron chi connectivity index (χ4n) is 3.77. The summed E-state index contributed by atoms with van der Waals surface area (Å²) < 4.78 is 1.99. The zero-order chi connectivity index (χ0) is 17.4. The van der Waals surface area contributed by atoms with Gasteiger partial charge >= 0.3 is 0 Å². The lowest BCUT2D eigenvalue weighted by atomic mass is 10.1. The molecule has 1 fully saturated rings. The van der Waals surface area contributed by atoms with Gasteiger partial charge < -0.3 is 10.7 Å². The molecule has 1 aliphatic rings. The van der Waals surface area contributed by atoms with E-state index in [0.717, 1.165) is 36.2 Å². The van der Waals surface area contributed by atoms with Gasteiger partial charge in [0.05, 0.1) is 11.7 Å². The van der Waals surface area contributed by atoms with Crippen molar-refractivity contribution >= 4 is 16.7 Å². The van der Waals surface area contributed by atoms with E-state index in [0.29, 0.717) is 29.4 Å². The highest BCUT2D eigenvalue weighted by atomic mass is 16.1. The van der Waals surface area contributed by atoms with E-state index in [-0.39, 0.29) is 5.56 Å². The molecule has 0 radical (unpaired) electrons. The summed E-state index contributed by atoms with van der Waals surface area (Å²) in [5.41, 5.74) is 9.17. The van der Waals surface area contributed by atoms with Crippen LogP contribution in [0.3, 0.4) is 0 Å². The fraction of sp³-hybridized carbons (Fsp3) is 0.421. The van der Waals surface area contributed by atoms with E-state index >= 15 is 0 Å². The van der Waals surface area contributed by atoms with E-state index in [1.54, 1.807) is 0 Å². The molecule has 0 unspecified atom stereocenters. The molecule has 3 aromatic rings. The standard InChI is InChI=1S/C19H23N5O/c1-2-15-17-18(24(23-15)13-8-4-5-9-13)21-16(22-19(17)25)11-12-7-3-6-10-14(12)20/h3,6-7,10,13H,2,4-5,8-9,11,20H2,1H3,(H,21,22,25). The molecule has 0 amide bonds. The van der Waals surface area contributed by atoms with Crippen molar-refractivity contribution in [2.75, 3.05) is 5.73 Å². The predicted octanol–water partition coefficient (Wildman–Crippen LogP) is 2.97. The zero-order valence-corrected chi connectivity index (χ0v) is 14.5. The van der Waals surface area contributed by atoms with Gasteiger partial charge in [-0.15, -0.1) is 0 Å². The van der Waals surface area contributed by atoms with Gasteiger partial charge in [-0.3, -0.25) is 4.79 Å². The molecule has 0 aliphatic heterocycles. The number of para-hydroxylation sites is 1. The maximum absolute atomic E-state index is 12.7. The highest BCUT2D eigenvalue weighted by Gasteiger charge is 2.24. The number of aryl methyl sites for hydroxylation is 1. The van der Waals surface area contributed by atoms with Crippen LogP contribution in [0, 0.1) is 0 Å². The smallest absolute Gasteiger partial charge is 0.262 e. The van der Waals surface area contributed by atoms with Crippen LogP contribution in [0.25, 0.3) is 11.0 Å². The Morgan fingerprint density at radius 3 is 2.76 bits per heavy atom. The average molecular weight is 337 g/mol. The molecule has 2 aromatic heterocycles. The summed E-state index contributed by atoms with van der Waals surface area (Å²) in [6.45, 7) is 2.03. The van der Waals surface area contributed by atoms with Gasteiger partial charge in [-0.2, -0.15) is 5.10 Å². The first-order valence-electron chi connectivity index (χ1n) is 9.01. The lowest BCUT2D eigenvalue weighted by Gasteiger charge is -2.11. The summed E-state index contributed by atoms with van der Waals surface area (Å²) in [6, 6.07) is 8.03. The van der Waals surface area contributed by atoms with Gasteiger partial charge in [0.25, 0.3) is 5.56 Å². The molecule has 1 aliphatic carbocycles. The number of aromatic amines is 1. The second-order valence-electron chi connectivity index (χ2n) is 6.77. The summed E-state index contributed by atoms with van der Waals surface area (Å²) in [5, 5.41) is 5.36. The topological polar surface area (TPSA) is 89.6 Å². The minimum Gasteiger partial charge on any atom is -0.398 e. The van der Waals surface area contributed by atoms with Crippen LogP contribution in [-0.2, 0) is 12.8 Å². The molecular weight excluding hydrogens is 314 g/mol. The number of hydrogen-bond donors (Lipinski definition) is 2. The van der Waals surface area contributed by atoms with Crippen LogP contribution in [0.5, 0.6) is 0 Å². The van der Waals surface area contributed by atoms with Gasteiger partial charge in [-0.25, -0.2) is 9.67 Å². The Kier molecular flexibility index (Phi) is 4.03. The molecule has 6 nitrogen and oxygen atoms in total. The molecule has 25 heavy (non-hydrogen) atoms.